The number of aryl methyl sites for hydroxylation is 1. The van der Waals surface area contributed by atoms with Crippen molar-refractivity contribution < 1.29 is 4.79 Å². The summed E-state index contributed by atoms with van der Waals surface area (Å²) in [5, 5.41) is 14.9. The highest BCUT2D eigenvalue weighted by Gasteiger charge is 2.10. The van der Waals surface area contributed by atoms with Crippen LogP contribution in [0.15, 0.2) is 60.9 Å². The van der Waals surface area contributed by atoms with Crippen LogP contribution in [0.3, 0.4) is 0 Å². The van der Waals surface area contributed by atoms with Crippen LogP contribution in [0.1, 0.15) is 28.5 Å². The number of para-hydroxylation sites is 1. The molecular formula is C20H17N5O. The lowest BCUT2D eigenvalue weighted by Gasteiger charge is -2.09. The number of nitrogens with zero attached hydrogens (tertiary/aromatic N) is 3. The second kappa shape index (κ2) is 7.90. The van der Waals surface area contributed by atoms with Gasteiger partial charge in [0.15, 0.2) is 0 Å². The first kappa shape index (κ1) is 17.1. The van der Waals surface area contributed by atoms with E-state index in [0.29, 0.717) is 11.4 Å². The fourth-order valence-electron chi connectivity index (χ4n) is 2.46. The van der Waals surface area contributed by atoms with E-state index < -0.39 is 0 Å². The Morgan fingerprint density at radius 3 is 2.69 bits per heavy atom. The summed E-state index contributed by atoms with van der Waals surface area (Å²) in [6.07, 6.45) is 3.73. The summed E-state index contributed by atoms with van der Waals surface area (Å²) >= 11 is 0. The number of hydrogen-bond acceptors (Lipinski definition) is 5. The number of carbonyl (C=O) groups is 1. The first-order valence-corrected chi connectivity index (χ1v) is 8.18. The van der Waals surface area contributed by atoms with E-state index in [-0.39, 0.29) is 11.6 Å². The monoisotopic (exact) mass is 343 g/mol. The minimum atomic E-state index is -0.309. The van der Waals surface area contributed by atoms with E-state index >= 15 is 0 Å². The van der Waals surface area contributed by atoms with Crippen molar-refractivity contribution in [2.75, 3.05) is 10.6 Å². The number of carbonyl (C=O) groups excluding carboxylic acids is 1. The average Bonchev–Trinajstić information content (AvgIpc) is 2.69. The average molecular weight is 343 g/mol. The zero-order chi connectivity index (χ0) is 18.4. The third-order valence-corrected chi connectivity index (χ3v) is 3.80. The molecule has 1 aromatic heterocycles. The summed E-state index contributed by atoms with van der Waals surface area (Å²) in [7, 11) is 0. The number of nitriles is 1. The Balaban J connectivity index is 1.70. The Hall–Kier alpha value is -3.72. The van der Waals surface area contributed by atoms with Gasteiger partial charge >= 0.3 is 0 Å². The second-order valence-electron chi connectivity index (χ2n) is 5.57. The molecule has 128 valence electrons. The van der Waals surface area contributed by atoms with Gasteiger partial charge in [0, 0.05) is 11.4 Å². The van der Waals surface area contributed by atoms with Crippen LogP contribution in [0.2, 0.25) is 0 Å². The molecule has 0 saturated carbocycles. The summed E-state index contributed by atoms with van der Waals surface area (Å²) in [5.41, 5.74) is 3.34. The molecule has 0 radical (unpaired) electrons. The van der Waals surface area contributed by atoms with Crippen molar-refractivity contribution in [3.63, 3.8) is 0 Å². The lowest BCUT2D eigenvalue weighted by atomic mass is 10.1. The van der Waals surface area contributed by atoms with Gasteiger partial charge in [0.05, 0.1) is 24.0 Å². The summed E-state index contributed by atoms with van der Waals surface area (Å²) in [6.45, 7) is 2.03. The number of amides is 1. The highest BCUT2D eigenvalue weighted by Crippen LogP contribution is 2.17. The van der Waals surface area contributed by atoms with Gasteiger partial charge in [0.2, 0.25) is 0 Å². The second-order valence-corrected chi connectivity index (χ2v) is 5.57. The van der Waals surface area contributed by atoms with Crippen LogP contribution in [0.5, 0.6) is 0 Å². The van der Waals surface area contributed by atoms with Gasteiger partial charge in [-0.1, -0.05) is 31.2 Å². The van der Waals surface area contributed by atoms with Gasteiger partial charge in [-0.3, -0.25) is 4.79 Å². The molecule has 3 rings (SSSR count). The van der Waals surface area contributed by atoms with Crippen molar-refractivity contribution in [2.24, 2.45) is 0 Å². The van der Waals surface area contributed by atoms with Crippen molar-refractivity contribution in [3.8, 4) is 6.07 Å². The maximum atomic E-state index is 12.4. The quantitative estimate of drug-likeness (QED) is 0.733. The van der Waals surface area contributed by atoms with E-state index in [1.54, 1.807) is 18.2 Å². The first-order chi connectivity index (χ1) is 12.7. The molecular weight excluding hydrogens is 326 g/mol. The summed E-state index contributed by atoms with van der Waals surface area (Å²) in [4.78, 5) is 20.7. The fourth-order valence-corrected chi connectivity index (χ4v) is 2.46. The minimum Gasteiger partial charge on any atom is -0.339 e. The molecule has 0 bridgehead atoms. The standard InChI is InChI=1S/C20H17N5O/c1-2-15-7-3-4-9-17(15)25-20(26)18-12-23-19(13-22-18)24-16-8-5-6-14(10-16)11-21/h3-10,12-13H,2H2,1H3,(H,23,24)(H,25,26). The van der Waals surface area contributed by atoms with Crippen LogP contribution in [-0.2, 0) is 6.42 Å². The Morgan fingerprint density at radius 1 is 1.12 bits per heavy atom. The number of rotatable bonds is 5. The molecule has 0 unspecified atom stereocenters. The van der Waals surface area contributed by atoms with Crippen LogP contribution in [-0.4, -0.2) is 15.9 Å². The molecule has 1 heterocycles. The zero-order valence-electron chi connectivity index (χ0n) is 14.2. The van der Waals surface area contributed by atoms with E-state index in [2.05, 4.69) is 26.7 Å². The van der Waals surface area contributed by atoms with Crippen LogP contribution in [0, 0.1) is 11.3 Å². The molecule has 2 aromatic carbocycles. The SMILES string of the molecule is CCc1ccccc1NC(=O)c1cnc(Nc2cccc(C#N)c2)cn1. The molecule has 0 aliphatic heterocycles. The predicted molar refractivity (Wildman–Crippen MR) is 100 cm³/mol. The Kier molecular flexibility index (Phi) is 5.20. The highest BCUT2D eigenvalue weighted by atomic mass is 16.1. The molecule has 0 spiro atoms. The largest absolute Gasteiger partial charge is 0.339 e. The summed E-state index contributed by atoms with van der Waals surface area (Å²) in [5.74, 6) is 0.182. The third kappa shape index (κ3) is 4.02. The van der Waals surface area contributed by atoms with Gasteiger partial charge in [-0.05, 0) is 36.2 Å². The molecule has 2 N–H and O–H groups in total. The lowest BCUT2D eigenvalue weighted by molar-refractivity contribution is 0.102. The van der Waals surface area contributed by atoms with E-state index in [9.17, 15) is 4.79 Å². The summed E-state index contributed by atoms with van der Waals surface area (Å²) < 4.78 is 0. The number of nitrogens with one attached hydrogen (secondary N) is 2. The Bertz CT molecular complexity index is 960. The van der Waals surface area contributed by atoms with E-state index in [0.717, 1.165) is 23.4 Å². The normalized spacial score (nSPS) is 10.0. The molecule has 0 aliphatic carbocycles. The van der Waals surface area contributed by atoms with Gasteiger partial charge in [-0.25, -0.2) is 9.97 Å². The van der Waals surface area contributed by atoms with E-state index in [1.165, 1.54) is 12.4 Å². The molecule has 0 aliphatic rings. The van der Waals surface area contributed by atoms with Crippen molar-refractivity contribution in [1.29, 1.82) is 5.26 Å². The Labute approximate surface area is 151 Å². The number of hydrogen-bond donors (Lipinski definition) is 2. The molecule has 0 saturated heterocycles. The smallest absolute Gasteiger partial charge is 0.275 e. The Morgan fingerprint density at radius 2 is 1.96 bits per heavy atom. The van der Waals surface area contributed by atoms with Crippen molar-refractivity contribution in [3.05, 3.63) is 77.7 Å². The number of benzene rings is 2. The topological polar surface area (TPSA) is 90.7 Å². The molecule has 6 nitrogen and oxygen atoms in total. The van der Waals surface area contributed by atoms with Gasteiger partial charge in [-0.2, -0.15) is 5.26 Å². The fraction of sp³-hybridized carbons (Fsp3) is 0.100. The highest BCUT2D eigenvalue weighted by molar-refractivity contribution is 6.03. The predicted octanol–water partition coefficient (Wildman–Crippen LogP) is 3.91. The third-order valence-electron chi connectivity index (χ3n) is 3.80. The van der Waals surface area contributed by atoms with Gasteiger partial charge in [0.1, 0.15) is 11.5 Å². The van der Waals surface area contributed by atoms with Gasteiger partial charge in [0.25, 0.3) is 5.91 Å². The lowest BCUT2D eigenvalue weighted by Crippen LogP contribution is -2.15. The van der Waals surface area contributed by atoms with E-state index in [4.69, 9.17) is 5.26 Å². The molecule has 0 atom stereocenters. The minimum absolute atomic E-state index is 0.229. The van der Waals surface area contributed by atoms with Crippen LogP contribution >= 0.6 is 0 Å². The number of aromatic nitrogens is 2. The maximum absolute atomic E-state index is 12.4. The first-order valence-electron chi connectivity index (χ1n) is 8.18. The summed E-state index contributed by atoms with van der Waals surface area (Å²) in [6, 6.07) is 16.8. The molecule has 1 amide bonds. The van der Waals surface area contributed by atoms with Gasteiger partial charge < -0.3 is 10.6 Å². The van der Waals surface area contributed by atoms with Crippen molar-refractivity contribution in [1.82, 2.24) is 9.97 Å². The van der Waals surface area contributed by atoms with Crippen LogP contribution < -0.4 is 10.6 Å². The maximum Gasteiger partial charge on any atom is 0.275 e. The molecule has 6 heteroatoms. The van der Waals surface area contributed by atoms with Gasteiger partial charge in [-0.15, -0.1) is 0 Å². The molecule has 3 aromatic rings. The zero-order valence-corrected chi connectivity index (χ0v) is 14.2. The number of anilines is 3. The van der Waals surface area contributed by atoms with Crippen molar-refractivity contribution >= 4 is 23.1 Å². The van der Waals surface area contributed by atoms with Crippen LogP contribution in [0.4, 0.5) is 17.2 Å². The molecule has 0 fully saturated rings. The van der Waals surface area contributed by atoms with Crippen LogP contribution in [0.25, 0.3) is 0 Å². The van der Waals surface area contributed by atoms with E-state index in [1.807, 2.05) is 37.3 Å². The molecule has 26 heavy (non-hydrogen) atoms. The van der Waals surface area contributed by atoms with Crippen molar-refractivity contribution in [2.45, 2.75) is 13.3 Å².